The lowest BCUT2D eigenvalue weighted by atomic mass is 10.0. The maximum Gasteiger partial charge on any atom is 0.341 e. The van der Waals surface area contributed by atoms with Gasteiger partial charge in [0.25, 0.3) is 5.91 Å². The number of piperazine rings is 1. The maximum absolute atomic E-state index is 15.5. The van der Waals surface area contributed by atoms with Crippen molar-refractivity contribution in [2.45, 2.75) is 39.4 Å². The van der Waals surface area contributed by atoms with E-state index in [0.29, 0.717) is 41.0 Å². The minimum Gasteiger partial charge on any atom is -0.477 e. The van der Waals surface area contributed by atoms with E-state index in [-0.39, 0.29) is 61.9 Å². The number of aromatic nitrogens is 2. The molecule has 7 rings (SSSR count). The quantitative estimate of drug-likeness (QED) is 0.234. The van der Waals surface area contributed by atoms with Crippen molar-refractivity contribution in [3.05, 3.63) is 110 Å². The van der Waals surface area contributed by atoms with E-state index in [9.17, 15) is 29.1 Å². The zero-order valence-electron chi connectivity index (χ0n) is 28.6. The monoisotopic (exact) mass is 709 g/mol. The van der Waals surface area contributed by atoms with Crippen LogP contribution in [0.1, 0.15) is 40.1 Å². The molecule has 0 spiro atoms. The van der Waals surface area contributed by atoms with E-state index in [1.807, 2.05) is 37.3 Å². The number of nitrogens with one attached hydrogen (secondary N) is 1. The van der Waals surface area contributed by atoms with Crippen LogP contribution < -0.4 is 30.5 Å². The number of carbonyl (C=O) groups excluding carboxylic acids is 2. The lowest BCUT2D eigenvalue weighted by Gasteiger charge is -2.38. The molecule has 2 aliphatic rings. The molecule has 2 aliphatic heterocycles. The Morgan fingerprint density at radius 3 is 2.08 bits per heavy atom. The normalized spacial score (nSPS) is 14.5. The Morgan fingerprint density at radius 2 is 1.42 bits per heavy atom. The summed E-state index contributed by atoms with van der Waals surface area (Å²) in [5.74, 6) is -2.18. The van der Waals surface area contributed by atoms with Gasteiger partial charge in [-0.05, 0) is 37.6 Å². The van der Waals surface area contributed by atoms with Gasteiger partial charge in [0.2, 0.25) is 23.6 Å². The molecule has 0 radical (unpaired) electrons. The first-order valence-electron chi connectivity index (χ1n) is 17.0. The van der Waals surface area contributed by atoms with Crippen LogP contribution in [-0.2, 0) is 24.3 Å². The number of carboxylic acids is 1. The van der Waals surface area contributed by atoms with Crippen molar-refractivity contribution in [1.82, 2.24) is 19.4 Å². The molecule has 1 fully saturated rings. The molecule has 268 valence electrons. The number of pyridine rings is 2. The van der Waals surface area contributed by atoms with Gasteiger partial charge in [-0.15, -0.1) is 0 Å². The first-order chi connectivity index (χ1) is 25.1. The Hall–Kier alpha value is -6.18. The van der Waals surface area contributed by atoms with E-state index in [1.54, 1.807) is 38.0 Å². The number of rotatable bonds is 9. The number of fused-ring (bicyclic) bond motifs is 3. The van der Waals surface area contributed by atoms with E-state index in [1.165, 1.54) is 18.5 Å². The molecule has 0 saturated carbocycles. The lowest BCUT2D eigenvalue weighted by Crippen LogP contribution is -2.56. The second-order valence-electron chi connectivity index (χ2n) is 12.7. The van der Waals surface area contributed by atoms with Gasteiger partial charge in [0, 0.05) is 69.5 Å². The molecule has 14 heteroatoms. The zero-order chi connectivity index (χ0) is 36.7. The molecule has 2 aromatic heterocycles. The highest BCUT2D eigenvalue weighted by Gasteiger charge is 2.31. The van der Waals surface area contributed by atoms with Gasteiger partial charge in [0.05, 0.1) is 22.1 Å². The lowest BCUT2D eigenvalue weighted by molar-refractivity contribution is -0.133. The number of ether oxygens (including phenoxy) is 2. The first kappa shape index (κ1) is 34.3. The van der Waals surface area contributed by atoms with Crippen molar-refractivity contribution in [3.8, 4) is 11.5 Å². The summed E-state index contributed by atoms with van der Waals surface area (Å²) < 4.78 is 29.9. The van der Waals surface area contributed by atoms with E-state index < -0.39 is 40.2 Å². The molecule has 52 heavy (non-hydrogen) atoms. The van der Waals surface area contributed by atoms with Crippen LogP contribution in [0.25, 0.3) is 21.8 Å². The highest BCUT2D eigenvalue weighted by atomic mass is 19.1. The second kappa shape index (κ2) is 13.9. The van der Waals surface area contributed by atoms with Crippen molar-refractivity contribution in [1.29, 1.82) is 0 Å². The average Bonchev–Trinajstić information content (AvgIpc) is 3.62. The van der Waals surface area contributed by atoms with Gasteiger partial charge in [0.1, 0.15) is 23.0 Å². The fourth-order valence-corrected chi connectivity index (χ4v) is 6.93. The zero-order valence-corrected chi connectivity index (χ0v) is 28.6. The van der Waals surface area contributed by atoms with E-state index in [2.05, 4.69) is 5.32 Å². The van der Waals surface area contributed by atoms with Crippen LogP contribution >= 0.6 is 0 Å². The number of carbonyl (C=O) groups is 3. The third kappa shape index (κ3) is 6.20. The number of hydrogen-bond acceptors (Lipinski definition) is 8. The molecule has 13 nitrogen and oxygen atoms in total. The topological polar surface area (TPSA) is 152 Å². The number of amides is 2. The van der Waals surface area contributed by atoms with Crippen molar-refractivity contribution < 1.29 is 33.4 Å². The highest BCUT2D eigenvalue weighted by molar-refractivity contribution is 6.00. The largest absolute Gasteiger partial charge is 0.477 e. The number of aromatic carboxylic acids is 1. The van der Waals surface area contributed by atoms with Crippen LogP contribution in [0.3, 0.4) is 0 Å². The molecule has 3 aromatic carbocycles. The van der Waals surface area contributed by atoms with E-state index in [0.717, 1.165) is 11.6 Å². The number of halogens is 1. The number of carboxylic acid groups (broad SMARTS) is 1. The smallest absolute Gasteiger partial charge is 0.341 e. The van der Waals surface area contributed by atoms with Crippen molar-refractivity contribution >= 4 is 45.3 Å². The Balaban J connectivity index is 1.14. The summed E-state index contributed by atoms with van der Waals surface area (Å²) in [6.07, 6.45) is 2.92. The van der Waals surface area contributed by atoms with Crippen LogP contribution in [-0.4, -0.2) is 75.9 Å². The van der Waals surface area contributed by atoms with Gasteiger partial charge in [-0.2, -0.15) is 0 Å². The van der Waals surface area contributed by atoms with Gasteiger partial charge < -0.3 is 38.8 Å². The van der Waals surface area contributed by atoms with Crippen molar-refractivity contribution in [3.63, 3.8) is 0 Å². The minimum atomic E-state index is -1.38. The van der Waals surface area contributed by atoms with E-state index in [4.69, 9.17) is 9.47 Å². The SMILES string of the molecule is CCn1cc(C(=O)O)c(=O)c2cc(F)c(N3CCN(C(=O)[C@H](Cc4ccccc4)NC(=O)c4cn(CC)c5cc6c(cc5c4=O)OCO6)CC3)cc21. The molecule has 4 heterocycles. The number of aryl methyl sites for hydroxylation is 2. The van der Waals surface area contributed by atoms with E-state index >= 15 is 4.39 Å². The summed E-state index contributed by atoms with van der Waals surface area (Å²) in [6.45, 7) is 5.47. The van der Waals surface area contributed by atoms with Gasteiger partial charge in [0.15, 0.2) is 11.5 Å². The average molecular weight is 710 g/mol. The predicted molar refractivity (Wildman–Crippen MR) is 191 cm³/mol. The Labute approximate surface area is 296 Å². The number of nitrogens with zero attached hydrogens (tertiary/aromatic N) is 4. The van der Waals surface area contributed by atoms with Crippen molar-refractivity contribution in [2.75, 3.05) is 37.9 Å². The standard InChI is InChI=1S/C38H36FN5O8/c1-3-41-19-25(34(45)24-16-32-33(18-30(24)41)52-21-51-32)36(47)40-28(14-22-8-6-5-7-9-22)37(48)44-12-10-43(11-13-44)31-17-29-23(15-27(31)39)35(46)26(38(49)50)20-42(29)4-2/h5-9,15-20,28H,3-4,10-14,21H2,1-2H3,(H,40,47)(H,49,50)/t28-/m0/s1. The van der Waals surface area contributed by atoms with Gasteiger partial charge in [-0.3, -0.25) is 19.2 Å². The molecule has 1 atom stereocenters. The minimum absolute atomic E-state index is 0.0281. The number of anilines is 1. The molecule has 5 aromatic rings. The molecule has 2 amide bonds. The second-order valence-corrected chi connectivity index (χ2v) is 12.7. The summed E-state index contributed by atoms with van der Waals surface area (Å²) in [5, 5.41) is 12.6. The van der Waals surface area contributed by atoms with Crippen LogP contribution in [0.2, 0.25) is 0 Å². The third-order valence-corrected chi connectivity index (χ3v) is 9.70. The van der Waals surface area contributed by atoms with Crippen molar-refractivity contribution in [2.24, 2.45) is 0 Å². The number of hydrogen-bond donors (Lipinski definition) is 2. The van der Waals surface area contributed by atoms with Gasteiger partial charge >= 0.3 is 5.97 Å². The molecular formula is C38H36FN5O8. The Bertz CT molecular complexity index is 2370. The Kier molecular flexibility index (Phi) is 9.13. The Morgan fingerprint density at radius 1 is 0.827 bits per heavy atom. The summed E-state index contributed by atoms with van der Waals surface area (Å²) >= 11 is 0. The van der Waals surface area contributed by atoms with Gasteiger partial charge in [-0.1, -0.05) is 30.3 Å². The summed E-state index contributed by atoms with van der Waals surface area (Å²) in [7, 11) is 0. The van der Waals surface area contributed by atoms with Crippen LogP contribution in [0.15, 0.2) is 76.6 Å². The first-order valence-corrected chi connectivity index (χ1v) is 17.0. The molecular weight excluding hydrogens is 673 g/mol. The highest BCUT2D eigenvalue weighted by Crippen LogP contribution is 2.35. The molecule has 0 aliphatic carbocycles. The summed E-state index contributed by atoms with van der Waals surface area (Å²) in [6, 6.07) is 14.1. The molecule has 0 unspecified atom stereocenters. The van der Waals surface area contributed by atoms with Crippen LogP contribution in [0, 0.1) is 5.82 Å². The van der Waals surface area contributed by atoms with Gasteiger partial charge in [-0.25, -0.2) is 9.18 Å². The summed E-state index contributed by atoms with van der Waals surface area (Å²) in [5.41, 5.74) is 0.219. The van der Waals surface area contributed by atoms with Crippen LogP contribution in [0.4, 0.5) is 10.1 Å². The summed E-state index contributed by atoms with van der Waals surface area (Å²) in [4.78, 5) is 69.5. The molecule has 0 bridgehead atoms. The maximum atomic E-state index is 15.5. The predicted octanol–water partition coefficient (Wildman–Crippen LogP) is 3.61. The number of benzene rings is 3. The fraction of sp³-hybridized carbons (Fsp3) is 0.289. The molecule has 2 N–H and O–H groups in total. The van der Waals surface area contributed by atoms with Crippen LogP contribution in [0.5, 0.6) is 11.5 Å². The third-order valence-electron chi connectivity index (χ3n) is 9.70. The fourth-order valence-electron chi connectivity index (χ4n) is 6.93. The molecule has 1 saturated heterocycles.